The summed E-state index contributed by atoms with van der Waals surface area (Å²) in [6.45, 7) is 6.47. The number of aliphatic hydroxyl groups excluding tert-OH is 1. The first-order valence-corrected chi connectivity index (χ1v) is 7.28. The fraction of sp³-hybridized carbons (Fsp3) is 0.692. The molecule has 0 amide bonds. The Balaban J connectivity index is 2.15. The van der Waals surface area contributed by atoms with Crippen molar-refractivity contribution >= 4 is 11.3 Å². The number of ether oxygens (including phenoxy) is 1. The molecule has 2 heterocycles. The molecule has 2 rings (SSSR count). The summed E-state index contributed by atoms with van der Waals surface area (Å²) in [5.41, 5.74) is 7.26. The molecule has 3 atom stereocenters. The first-order valence-electron chi connectivity index (χ1n) is 6.40. The zero-order chi connectivity index (χ0) is 13.1. The lowest BCUT2D eigenvalue weighted by atomic mass is 10.1. The topological polar surface area (TPSA) is 58.7 Å². The molecule has 4 nitrogen and oxygen atoms in total. The molecule has 5 heteroatoms. The third-order valence-corrected chi connectivity index (χ3v) is 4.55. The van der Waals surface area contributed by atoms with Gasteiger partial charge in [0.25, 0.3) is 0 Å². The molecule has 1 aliphatic heterocycles. The highest BCUT2D eigenvalue weighted by Crippen LogP contribution is 2.30. The summed E-state index contributed by atoms with van der Waals surface area (Å²) in [7, 11) is 0. The zero-order valence-electron chi connectivity index (χ0n) is 11.0. The summed E-state index contributed by atoms with van der Waals surface area (Å²) in [4.78, 5) is 3.68. The molecular formula is C13H22N2O2S. The van der Waals surface area contributed by atoms with Crippen molar-refractivity contribution in [2.24, 2.45) is 5.73 Å². The number of thiophene rings is 1. The molecule has 1 fully saturated rings. The van der Waals surface area contributed by atoms with Crippen LogP contribution < -0.4 is 5.73 Å². The summed E-state index contributed by atoms with van der Waals surface area (Å²) >= 11 is 1.76. The molecule has 1 aliphatic rings. The van der Waals surface area contributed by atoms with Crippen LogP contribution in [0.25, 0.3) is 0 Å². The Morgan fingerprint density at radius 3 is 2.94 bits per heavy atom. The van der Waals surface area contributed by atoms with Crippen LogP contribution in [0.2, 0.25) is 0 Å². The van der Waals surface area contributed by atoms with Crippen LogP contribution in [-0.2, 0) is 4.74 Å². The molecular weight excluding hydrogens is 248 g/mol. The Hall–Kier alpha value is -0.460. The van der Waals surface area contributed by atoms with Crippen LogP contribution in [0.15, 0.2) is 11.4 Å². The summed E-state index contributed by atoms with van der Waals surface area (Å²) in [5.74, 6) is 0. The molecule has 0 radical (unpaired) electrons. The maximum absolute atomic E-state index is 9.29. The Morgan fingerprint density at radius 2 is 2.39 bits per heavy atom. The highest BCUT2D eigenvalue weighted by molar-refractivity contribution is 7.10. The van der Waals surface area contributed by atoms with Crippen molar-refractivity contribution in [2.75, 3.05) is 26.2 Å². The van der Waals surface area contributed by atoms with E-state index in [1.54, 1.807) is 11.3 Å². The SMILES string of the molecule is Cc1ccsc1C(CN)N1CC(C)OC(CO)C1. The summed E-state index contributed by atoms with van der Waals surface area (Å²) in [6.07, 6.45) is 0.0493. The Morgan fingerprint density at radius 1 is 1.61 bits per heavy atom. The number of aryl methyl sites for hydroxylation is 1. The fourth-order valence-electron chi connectivity index (χ4n) is 2.58. The van der Waals surface area contributed by atoms with Crippen LogP contribution >= 0.6 is 11.3 Å². The number of morpholine rings is 1. The van der Waals surface area contributed by atoms with Crippen LogP contribution in [0.4, 0.5) is 0 Å². The highest BCUT2D eigenvalue weighted by atomic mass is 32.1. The number of hydrogen-bond acceptors (Lipinski definition) is 5. The standard InChI is InChI=1S/C13H22N2O2S/c1-9-3-4-18-13(9)12(5-14)15-6-10(2)17-11(7-15)8-16/h3-4,10-12,16H,5-8,14H2,1-2H3. The first kappa shape index (κ1) is 14.0. The van der Waals surface area contributed by atoms with Crippen molar-refractivity contribution in [2.45, 2.75) is 32.1 Å². The minimum absolute atomic E-state index is 0.0710. The highest BCUT2D eigenvalue weighted by Gasteiger charge is 2.30. The predicted octanol–water partition coefficient (Wildman–Crippen LogP) is 1.14. The van der Waals surface area contributed by atoms with Crippen LogP contribution in [0, 0.1) is 6.92 Å². The van der Waals surface area contributed by atoms with Gasteiger partial charge in [0.2, 0.25) is 0 Å². The summed E-state index contributed by atoms with van der Waals surface area (Å²) < 4.78 is 5.68. The quantitative estimate of drug-likeness (QED) is 0.861. The van der Waals surface area contributed by atoms with E-state index in [9.17, 15) is 5.11 Å². The van der Waals surface area contributed by atoms with Gasteiger partial charge in [0.1, 0.15) is 0 Å². The van der Waals surface area contributed by atoms with Gasteiger partial charge in [-0.05, 0) is 30.9 Å². The van der Waals surface area contributed by atoms with Gasteiger partial charge in [-0.1, -0.05) is 0 Å². The Kier molecular flexibility index (Phi) is 4.75. The van der Waals surface area contributed by atoms with Crippen LogP contribution in [0.1, 0.15) is 23.4 Å². The molecule has 1 saturated heterocycles. The number of nitrogens with two attached hydrogens (primary N) is 1. The van der Waals surface area contributed by atoms with Gasteiger partial charge in [0.05, 0.1) is 24.9 Å². The minimum Gasteiger partial charge on any atom is -0.394 e. The summed E-state index contributed by atoms with van der Waals surface area (Å²) in [6, 6.07) is 2.38. The van der Waals surface area contributed by atoms with Gasteiger partial charge in [-0.2, -0.15) is 0 Å². The van der Waals surface area contributed by atoms with Crippen LogP contribution in [-0.4, -0.2) is 48.5 Å². The van der Waals surface area contributed by atoms with E-state index in [-0.39, 0.29) is 24.9 Å². The van der Waals surface area contributed by atoms with E-state index < -0.39 is 0 Å². The molecule has 3 unspecified atom stereocenters. The van der Waals surface area contributed by atoms with Crippen molar-refractivity contribution in [3.8, 4) is 0 Å². The molecule has 0 aliphatic carbocycles. The molecule has 0 bridgehead atoms. The van der Waals surface area contributed by atoms with Crippen LogP contribution in [0.3, 0.4) is 0 Å². The normalized spacial score (nSPS) is 27.3. The van der Waals surface area contributed by atoms with Gasteiger partial charge < -0.3 is 15.6 Å². The number of nitrogens with zero attached hydrogens (tertiary/aromatic N) is 1. The van der Waals surface area contributed by atoms with Crippen molar-refractivity contribution in [1.82, 2.24) is 4.90 Å². The van der Waals surface area contributed by atoms with E-state index in [2.05, 4.69) is 23.3 Å². The van der Waals surface area contributed by atoms with E-state index in [4.69, 9.17) is 10.5 Å². The fourth-order valence-corrected chi connectivity index (χ4v) is 3.66. The van der Waals surface area contributed by atoms with Gasteiger partial charge in [-0.3, -0.25) is 4.90 Å². The van der Waals surface area contributed by atoms with Crippen molar-refractivity contribution in [3.05, 3.63) is 21.9 Å². The van der Waals surface area contributed by atoms with E-state index in [1.165, 1.54) is 10.4 Å². The lowest BCUT2D eigenvalue weighted by Crippen LogP contribution is -2.50. The largest absolute Gasteiger partial charge is 0.394 e. The smallest absolute Gasteiger partial charge is 0.0936 e. The average Bonchev–Trinajstić information content (AvgIpc) is 2.76. The lowest BCUT2D eigenvalue weighted by Gasteiger charge is -2.40. The monoisotopic (exact) mass is 270 g/mol. The second kappa shape index (κ2) is 6.12. The van der Waals surface area contributed by atoms with E-state index in [0.717, 1.165) is 13.1 Å². The molecule has 18 heavy (non-hydrogen) atoms. The zero-order valence-corrected chi connectivity index (χ0v) is 11.8. The Bertz CT molecular complexity index is 383. The molecule has 1 aromatic rings. The molecule has 3 N–H and O–H groups in total. The van der Waals surface area contributed by atoms with Gasteiger partial charge in [-0.15, -0.1) is 11.3 Å². The third kappa shape index (κ3) is 2.92. The van der Waals surface area contributed by atoms with Crippen molar-refractivity contribution in [1.29, 1.82) is 0 Å². The molecule has 0 spiro atoms. The maximum atomic E-state index is 9.29. The minimum atomic E-state index is -0.0944. The van der Waals surface area contributed by atoms with Gasteiger partial charge >= 0.3 is 0 Å². The first-order chi connectivity index (χ1) is 8.65. The number of hydrogen-bond donors (Lipinski definition) is 2. The maximum Gasteiger partial charge on any atom is 0.0936 e. The molecule has 0 aromatic carbocycles. The van der Waals surface area contributed by atoms with Gasteiger partial charge in [0, 0.05) is 24.5 Å². The Labute approximate surface area is 112 Å². The van der Waals surface area contributed by atoms with Crippen molar-refractivity contribution < 1.29 is 9.84 Å². The van der Waals surface area contributed by atoms with Crippen LogP contribution in [0.5, 0.6) is 0 Å². The van der Waals surface area contributed by atoms with Gasteiger partial charge in [-0.25, -0.2) is 0 Å². The van der Waals surface area contributed by atoms with Gasteiger partial charge in [0.15, 0.2) is 0 Å². The number of aliphatic hydroxyl groups is 1. The number of rotatable bonds is 4. The average molecular weight is 270 g/mol. The second-order valence-electron chi connectivity index (χ2n) is 4.92. The second-order valence-corrected chi connectivity index (χ2v) is 5.87. The van der Waals surface area contributed by atoms with E-state index in [1.807, 2.05) is 6.92 Å². The van der Waals surface area contributed by atoms with E-state index in [0.29, 0.717) is 6.54 Å². The molecule has 1 aromatic heterocycles. The third-order valence-electron chi connectivity index (χ3n) is 3.43. The molecule has 102 valence electrons. The predicted molar refractivity (Wildman–Crippen MR) is 73.8 cm³/mol. The van der Waals surface area contributed by atoms with E-state index >= 15 is 0 Å². The summed E-state index contributed by atoms with van der Waals surface area (Å²) in [5, 5.41) is 11.4. The lowest BCUT2D eigenvalue weighted by molar-refractivity contribution is -0.105. The van der Waals surface area contributed by atoms with Crippen molar-refractivity contribution in [3.63, 3.8) is 0 Å². The molecule has 0 saturated carbocycles.